The van der Waals surface area contributed by atoms with E-state index in [4.69, 9.17) is 9.47 Å². The summed E-state index contributed by atoms with van der Waals surface area (Å²) in [6.07, 6.45) is 1.91. The van der Waals surface area contributed by atoms with Crippen molar-refractivity contribution in [3.05, 3.63) is 0 Å². The van der Waals surface area contributed by atoms with Gasteiger partial charge in [0.1, 0.15) is 5.60 Å². The fourth-order valence-electron chi connectivity index (χ4n) is 2.54. The van der Waals surface area contributed by atoms with Gasteiger partial charge in [0.05, 0.1) is 6.61 Å². The summed E-state index contributed by atoms with van der Waals surface area (Å²) in [6, 6.07) is 0.317. The van der Waals surface area contributed by atoms with Crippen molar-refractivity contribution in [1.29, 1.82) is 0 Å². The van der Waals surface area contributed by atoms with E-state index in [1.165, 1.54) is 0 Å². The lowest BCUT2D eigenvalue weighted by molar-refractivity contribution is 0.0278. The van der Waals surface area contributed by atoms with Crippen LogP contribution in [0.15, 0.2) is 0 Å². The highest BCUT2D eigenvalue weighted by Crippen LogP contribution is 2.22. The minimum Gasteiger partial charge on any atom is -0.444 e. The molecule has 1 amide bonds. The van der Waals surface area contributed by atoms with E-state index in [9.17, 15) is 4.79 Å². The number of nitrogens with zero attached hydrogens (tertiary/aromatic N) is 1. The minimum absolute atomic E-state index is 0.198. The lowest BCUT2D eigenvalue weighted by Crippen LogP contribution is -2.42. The van der Waals surface area contributed by atoms with Crippen LogP contribution in [0.5, 0.6) is 0 Å². The van der Waals surface area contributed by atoms with Gasteiger partial charge in [-0.05, 0) is 53.0 Å². The van der Waals surface area contributed by atoms with Crippen molar-refractivity contribution in [2.24, 2.45) is 5.92 Å². The summed E-state index contributed by atoms with van der Waals surface area (Å²) in [5, 5.41) is 3.55. The molecule has 0 saturated carbocycles. The third-order valence-electron chi connectivity index (χ3n) is 3.60. The van der Waals surface area contributed by atoms with Crippen molar-refractivity contribution in [2.45, 2.75) is 59.1 Å². The van der Waals surface area contributed by atoms with Crippen LogP contribution in [-0.2, 0) is 9.47 Å². The fourth-order valence-corrected chi connectivity index (χ4v) is 2.54. The summed E-state index contributed by atoms with van der Waals surface area (Å²) in [5.41, 5.74) is -0.430. The molecule has 0 radical (unpaired) electrons. The van der Waals surface area contributed by atoms with Crippen LogP contribution in [0.1, 0.15) is 47.5 Å². The van der Waals surface area contributed by atoms with Gasteiger partial charge in [-0.1, -0.05) is 6.92 Å². The van der Waals surface area contributed by atoms with Crippen molar-refractivity contribution in [3.63, 3.8) is 0 Å². The van der Waals surface area contributed by atoms with E-state index < -0.39 is 5.60 Å². The molecule has 1 fully saturated rings. The van der Waals surface area contributed by atoms with E-state index >= 15 is 0 Å². The standard InChI is InChI=1S/C16H32N2O3/c1-6-9-17-14(12-20-7-2)13-8-10-18(11-13)15(19)21-16(3,4)5/h13-14,17H,6-12H2,1-5H3. The molecule has 2 atom stereocenters. The summed E-state index contributed by atoms with van der Waals surface area (Å²) in [6.45, 7) is 13.8. The maximum absolute atomic E-state index is 12.1. The van der Waals surface area contributed by atoms with Crippen LogP contribution in [0.25, 0.3) is 0 Å². The Morgan fingerprint density at radius 3 is 2.67 bits per heavy atom. The smallest absolute Gasteiger partial charge is 0.410 e. The Balaban J connectivity index is 2.50. The summed E-state index contributed by atoms with van der Waals surface area (Å²) in [4.78, 5) is 13.9. The summed E-state index contributed by atoms with van der Waals surface area (Å²) in [7, 11) is 0. The molecule has 1 heterocycles. The number of amides is 1. The van der Waals surface area contributed by atoms with Crippen LogP contribution < -0.4 is 5.32 Å². The average molecular weight is 300 g/mol. The third-order valence-corrected chi connectivity index (χ3v) is 3.60. The maximum Gasteiger partial charge on any atom is 0.410 e. The highest BCUT2D eigenvalue weighted by atomic mass is 16.6. The van der Waals surface area contributed by atoms with E-state index in [2.05, 4.69) is 12.2 Å². The molecule has 5 heteroatoms. The molecule has 2 unspecified atom stereocenters. The number of hydrogen-bond donors (Lipinski definition) is 1. The second kappa shape index (κ2) is 8.59. The second-order valence-corrected chi connectivity index (χ2v) is 6.70. The van der Waals surface area contributed by atoms with E-state index in [1.54, 1.807) is 0 Å². The van der Waals surface area contributed by atoms with Gasteiger partial charge in [-0.2, -0.15) is 0 Å². The molecule has 1 rings (SSSR count). The molecule has 0 aliphatic carbocycles. The minimum atomic E-state index is -0.430. The zero-order valence-electron chi connectivity index (χ0n) is 14.3. The third kappa shape index (κ3) is 6.66. The number of ether oxygens (including phenoxy) is 2. The van der Waals surface area contributed by atoms with Crippen molar-refractivity contribution in [2.75, 3.05) is 32.8 Å². The predicted octanol–water partition coefficient (Wildman–Crippen LogP) is 2.65. The normalized spacial score (nSPS) is 20.6. The van der Waals surface area contributed by atoms with Crippen LogP contribution in [0, 0.1) is 5.92 Å². The molecule has 0 bridgehead atoms. The van der Waals surface area contributed by atoms with Crippen molar-refractivity contribution in [3.8, 4) is 0 Å². The van der Waals surface area contributed by atoms with Gasteiger partial charge < -0.3 is 19.7 Å². The van der Waals surface area contributed by atoms with Crippen LogP contribution in [-0.4, -0.2) is 55.5 Å². The van der Waals surface area contributed by atoms with Gasteiger partial charge in [-0.25, -0.2) is 4.79 Å². The van der Waals surface area contributed by atoms with E-state index in [-0.39, 0.29) is 6.09 Å². The highest BCUT2D eigenvalue weighted by Gasteiger charge is 2.33. The van der Waals surface area contributed by atoms with E-state index in [0.717, 1.165) is 39.1 Å². The van der Waals surface area contributed by atoms with Gasteiger partial charge in [0, 0.05) is 25.7 Å². The molecule has 5 nitrogen and oxygen atoms in total. The highest BCUT2D eigenvalue weighted by molar-refractivity contribution is 5.68. The van der Waals surface area contributed by atoms with Gasteiger partial charge in [0.2, 0.25) is 0 Å². The Bertz CT molecular complexity index is 307. The number of carbonyl (C=O) groups is 1. The first-order valence-corrected chi connectivity index (χ1v) is 8.16. The SMILES string of the molecule is CCCNC(COCC)C1CCN(C(=O)OC(C)(C)C)C1. The van der Waals surface area contributed by atoms with Crippen molar-refractivity contribution in [1.82, 2.24) is 10.2 Å². The molecule has 0 aromatic rings. The Morgan fingerprint density at radius 1 is 1.38 bits per heavy atom. The fraction of sp³-hybridized carbons (Fsp3) is 0.938. The Morgan fingerprint density at radius 2 is 2.10 bits per heavy atom. The lowest BCUT2D eigenvalue weighted by Gasteiger charge is -2.26. The summed E-state index contributed by atoms with van der Waals surface area (Å²) >= 11 is 0. The summed E-state index contributed by atoms with van der Waals surface area (Å²) in [5.74, 6) is 0.440. The van der Waals surface area contributed by atoms with Gasteiger partial charge in [-0.3, -0.25) is 0 Å². The average Bonchev–Trinajstić information content (AvgIpc) is 2.86. The topological polar surface area (TPSA) is 50.8 Å². The zero-order chi connectivity index (χ0) is 15.9. The molecule has 0 spiro atoms. The maximum atomic E-state index is 12.1. The first-order chi connectivity index (χ1) is 9.87. The first-order valence-electron chi connectivity index (χ1n) is 8.16. The number of carbonyl (C=O) groups excluding carboxylic acids is 1. The van der Waals surface area contributed by atoms with Crippen LogP contribution >= 0.6 is 0 Å². The second-order valence-electron chi connectivity index (χ2n) is 6.70. The Kier molecular flexibility index (Phi) is 7.46. The van der Waals surface area contributed by atoms with Gasteiger partial charge in [0.15, 0.2) is 0 Å². The molecule has 1 N–H and O–H groups in total. The first kappa shape index (κ1) is 18.2. The van der Waals surface area contributed by atoms with E-state index in [1.807, 2.05) is 32.6 Å². The molecule has 124 valence electrons. The van der Waals surface area contributed by atoms with Gasteiger partial charge >= 0.3 is 6.09 Å². The van der Waals surface area contributed by atoms with Crippen LogP contribution in [0.2, 0.25) is 0 Å². The number of rotatable bonds is 7. The molecule has 1 aliphatic rings. The zero-order valence-corrected chi connectivity index (χ0v) is 14.3. The summed E-state index contributed by atoms with van der Waals surface area (Å²) < 4.78 is 11.0. The van der Waals surface area contributed by atoms with E-state index in [0.29, 0.717) is 18.6 Å². The molecule has 1 aliphatic heterocycles. The molecular weight excluding hydrogens is 268 g/mol. The number of hydrogen-bond acceptors (Lipinski definition) is 4. The lowest BCUT2D eigenvalue weighted by atomic mass is 9.99. The van der Waals surface area contributed by atoms with Crippen LogP contribution in [0.4, 0.5) is 4.79 Å². The van der Waals surface area contributed by atoms with Gasteiger partial charge in [0.25, 0.3) is 0 Å². The molecule has 1 saturated heterocycles. The quantitative estimate of drug-likeness (QED) is 0.785. The molecule has 21 heavy (non-hydrogen) atoms. The predicted molar refractivity (Wildman–Crippen MR) is 84.5 cm³/mol. The molecular formula is C16H32N2O3. The monoisotopic (exact) mass is 300 g/mol. The van der Waals surface area contributed by atoms with Gasteiger partial charge in [-0.15, -0.1) is 0 Å². The van der Waals surface area contributed by atoms with Crippen molar-refractivity contribution < 1.29 is 14.3 Å². The molecule has 0 aromatic heterocycles. The Hall–Kier alpha value is -0.810. The van der Waals surface area contributed by atoms with Crippen molar-refractivity contribution >= 4 is 6.09 Å². The largest absolute Gasteiger partial charge is 0.444 e. The Labute approximate surface area is 129 Å². The number of nitrogens with one attached hydrogen (secondary N) is 1. The molecule has 0 aromatic carbocycles. The van der Waals surface area contributed by atoms with Crippen LogP contribution in [0.3, 0.4) is 0 Å². The number of likely N-dealkylation sites (tertiary alicyclic amines) is 1.